The molecule has 3 heteroatoms. The van der Waals surface area contributed by atoms with Gasteiger partial charge in [-0.2, -0.15) is 5.10 Å². The molecule has 0 aliphatic carbocycles. The lowest BCUT2D eigenvalue weighted by Crippen LogP contribution is -1.97. The van der Waals surface area contributed by atoms with Gasteiger partial charge in [0.05, 0.1) is 6.20 Å². The molecule has 1 heterocycles. The highest BCUT2D eigenvalue weighted by Gasteiger charge is 2.04. The van der Waals surface area contributed by atoms with E-state index in [-0.39, 0.29) is 5.82 Å². The number of aromatic nitrogens is 2. The minimum Gasteiger partial charge on any atom is -0.238 e. The Kier molecular flexibility index (Phi) is 2.81. The molecule has 78 valence electrons. The van der Waals surface area contributed by atoms with Gasteiger partial charge in [0.2, 0.25) is 0 Å². The number of benzene rings is 1. The second kappa shape index (κ2) is 4.26. The molecule has 0 fully saturated rings. The fourth-order valence-corrected chi connectivity index (χ4v) is 1.55. The summed E-state index contributed by atoms with van der Waals surface area (Å²) in [6.07, 6.45) is 5.72. The van der Waals surface area contributed by atoms with Gasteiger partial charge in [0.15, 0.2) is 0 Å². The fraction of sp³-hybridized carbons (Fsp3) is 0.250. The van der Waals surface area contributed by atoms with Gasteiger partial charge in [0.25, 0.3) is 0 Å². The first kappa shape index (κ1) is 9.90. The van der Waals surface area contributed by atoms with Crippen molar-refractivity contribution in [3.8, 4) is 5.69 Å². The lowest BCUT2D eigenvalue weighted by atomic mass is 10.2. The van der Waals surface area contributed by atoms with E-state index >= 15 is 0 Å². The number of halogens is 1. The second-order valence-corrected chi connectivity index (χ2v) is 3.49. The van der Waals surface area contributed by atoms with Crippen molar-refractivity contribution in [2.24, 2.45) is 0 Å². The first-order valence-corrected chi connectivity index (χ1v) is 5.09. The van der Waals surface area contributed by atoms with Crippen molar-refractivity contribution in [1.82, 2.24) is 9.78 Å². The van der Waals surface area contributed by atoms with Gasteiger partial charge < -0.3 is 0 Å². The molecule has 0 radical (unpaired) electrons. The number of rotatable bonds is 3. The highest BCUT2D eigenvalue weighted by Crippen LogP contribution is 2.13. The molecular weight excluding hydrogens is 191 g/mol. The Hall–Kier alpha value is -1.64. The molecular formula is C12H13FN2. The smallest absolute Gasteiger partial charge is 0.148 e. The van der Waals surface area contributed by atoms with Crippen LogP contribution in [0, 0.1) is 5.82 Å². The number of hydrogen-bond donors (Lipinski definition) is 0. The molecule has 1 aromatic heterocycles. The third-order valence-electron chi connectivity index (χ3n) is 2.27. The van der Waals surface area contributed by atoms with Crippen molar-refractivity contribution in [1.29, 1.82) is 0 Å². The monoisotopic (exact) mass is 204 g/mol. The summed E-state index contributed by atoms with van der Waals surface area (Å²) >= 11 is 0. The predicted octanol–water partition coefficient (Wildman–Crippen LogP) is 2.96. The zero-order chi connectivity index (χ0) is 10.7. The molecule has 0 aliphatic heterocycles. The zero-order valence-electron chi connectivity index (χ0n) is 8.65. The Bertz CT molecular complexity index is 448. The van der Waals surface area contributed by atoms with Gasteiger partial charge in [-0.05, 0) is 24.1 Å². The van der Waals surface area contributed by atoms with Crippen LogP contribution < -0.4 is 0 Å². The van der Waals surface area contributed by atoms with Crippen LogP contribution in [-0.4, -0.2) is 9.78 Å². The number of para-hydroxylation sites is 1. The molecule has 1 aromatic carbocycles. The van der Waals surface area contributed by atoms with E-state index in [1.54, 1.807) is 29.1 Å². The molecule has 0 amide bonds. The van der Waals surface area contributed by atoms with Crippen molar-refractivity contribution in [2.45, 2.75) is 19.8 Å². The Morgan fingerprint density at radius 2 is 2.13 bits per heavy atom. The highest BCUT2D eigenvalue weighted by molar-refractivity contribution is 5.32. The van der Waals surface area contributed by atoms with E-state index in [0.29, 0.717) is 5.69 Å². The Labute approximate surface area is 88.4 Å². The zero-order valence-corrected chi connectivity index (χ0v) is 8.65. The van der Waals surface area contributed by atoms with E-state index in [9.17, 15) is 4.39 Å². The molecule has 0 unspecified atom stereocenters. The molecule has 2 aromatic rings. The first-order chi connectivity index (χ1) is 7.31. The van der Waals surface area contributed by atoms with E-state index in [2.05, 4.69) is 12.0 Å². The predicted molar refractivity (Wildman–Crippen MR) is 57.5 cm³/mol. The largest absolute Gasteiger partial charge is 0.238 e. The lowest BCUT2D eigenvalue weighted by Gasteiger charge is -2.01. The number of nitrogens with zero attached hydrogens (tertiary/aromatic N) is 2. The van der Waals surface area contributed by atoms with Crippen LogP contribution in [0.15, 0.2) is 36.7 Å². The van der Waals surface area contributed by atoms with E-state index in [0.717, 1.165) is 18.4 Å². The van der Waals surface area contributed by atoms with E-state index in [1.165, 1.54) is 6.07 Å². The van der Waals surface area contributed by atoms with Crippen LogP contribution in [0.4, 0.5) is 4.39 Å². The number of aryl methyl sites for hydroxylation is 1. The van der Waals surface area contributed by atoms with Crippen LogP contribution in [0.2, 0.25) is 0 Å². The van der Waals surface area contributed by atoms with Gasteiger partial charge in [0, 0.05) is 6.20 Å². The third kappa shape index (κ3) is 2.06. The van der Waals surface area contributed by atoms with Crippen molar-refractivity contribution in [3.63, 3.8) is 0 Å². The Morgan fingerprint density at radius 3 is 2.87 bits per heavy atom. The average Bonchev–Trinajstić information content (AvgIpc) is 2.68. The summed E-state index contributed by atoms with van der Waals surface area (Å²) in [5, 5.41) is 4.14. The van der Waals surface area contributed by atoms with E-state index in [1.807, 2.05) is 6.20 Å². The molecule has 0 aliphatic rings. The van der Waals surface area contributed by atoms with Crippen molar-refractivity contribution in [3.05, 3.63) is 48.0 Å². The first-order valence-electron chi connectivity index (χ1n) is 5.09. The van der Waals surface area contributed by atoms with Crippen molar-refractivity contribution < 1.29 is 4.39 Å². The van der Waals surface area contributed by atoms with Crippen molar-refractivity contribution >= 4 is 0 Å². The fourth-order valence-electron chi connectivity index (χ4n) is 1.55. The summed E-state index contributed by atoms with van der Waals surface area (Å²) in [7, 11) is 0. The second-order valence-electron chi connectivity index (χ2n) is 3.49. The third-order valence-corrected chi connectivity index (χ3v) is 2.27. The van der Waals surface area contributed by atoms with Crippen LogP contribution in [0.25, 0.3) is 5.69 Å². The summed E-state index contributed by atoms with van der Waals surface area (Å²) < 4.78 is 15.0. The molecule has 0 saturated carbocycles. The topological polar surface area (TPSA) is 17.8 Å². The van der Waals surface area contributed by atoms with Gasteiger partial charge in [0.1, 0.15) is 11.5 Å². The van der Waals surface area contributed by atoms with Crippen LogP contribution in [-0.2, 0) is 6.42 Å². The average molecular weight is 204 g/mol. The summed E-state index contributed by atoms with van der Waals surface area (Å²) in [6.45, 7) is 2.11. The maximum Gasteiger partial charge on any atom is 0.148 e. The van der Waals surface area contributed by atoms with Gasteiger partial charge in [-0.25, -0.2) is 9.07 Å². The number of hydrogen-bond acceptors (Lipinski definition) is 1. The van der Waals surface area contributed by atoms with Crippen LogP contribution >= 0.6 is 0 Å². The van der Waals surface area contributed by atoms with Gasteiger partial charge >= 0.3 is 0 Å². The minimum atomic E-state index is -0.247. The van der Waals surface area contributed by atoms with Crippen LogP contribution in [0.3, 0.4) is 0 Å². The molecule has 0 spiro atoms. The summed E-state index contributed by atoms with van der Waals surface area (Å²) in [6, 6.07) is 6.64. The van der Waals surface area contributed by atoms with Gasteiger partial charge in [-0.15, -0.1) is 0 Å². The summed E-state index contributed by atoms with van der Waals surface area (Å²) in [4.78, 5) is 0. The SMILES string of the molecule is CCCc1cnn(-c2ccccc2F)c1. The van der Waals surface area contributed by atoms with E-state index in [4.69, 9.17) is 0 Å². The molecule has 2 nitrogen and oxygen atoms in total. The quantitative estimate of drug-likeness (QED) is 0.751. The normalized spacial score (nSPS) is 10.5. The van der Waals surface area contributed by atoms with Gasteiger partial charge in [-0.1, -0.05) is 25.5 Å². The standard InChI is InChI=1S/C12H13FN2/c1-2-5-10-8-14-15(9-10)12-7-4-3-6-11(12)13/h3-4,6-9H,2,5H2,1H3. The summed E-state index contributed by atoms with van der Waals surface area (Å²) in [5.41, 5.74) is 1.64. The van der Waals surface area contributed by atoms with Crippen molar-refractivity contribution in [2.75, 3.05) is 0 Å². The maximum absolute atomic E-state index is 13.4. The maximum atomic E-state index is 13.4. The molecule has 0 atom stereocenters. The highest BCUT2D eigenvalue weighted by atomic mass is 19.1. The van der Waals surface area contributed by atoms with Crippen LogP contribution in [0.5, 0.6) is 0 Å². The van der Waals surface area contributed by atoms with E-state index < -0.39 is 0 Å². The molecule has 0 N–H and O–H groups in total. The van der Waals surface area contributed by atoms with Crippen LogP contribution in [0.1, 0.15) is 18.9 Å². The minimum absolute atomic E-state index is 0.247. The summed E-state index contributed by atoms with van der Waals surface area (Å²) in [5.74, 6) is -0.247. The molecule has 0 saturated heterocycles. The molecule has 15 heavy (non-hydrogen) atoms. The molecule has 2 rings (SSSR count). The Balaban J connectivity index is 2.33. The van der Waals surface area contributed by atoms with Gasteiger partial charge in [-0.3, -0.25) is 0 Å². The lowest BCUT2D eigenvalue weighted by molar-refractivity contribution is 0.611. The molecule has 0 bridgehead atoms. The Morgan fingerprint density at radius 1 is 1.33 bits per heavy atom.